The van der Waals surface area contributed by atoms with Crippen molar-refractivity contribution >= 4 is 0 Å². The number of aliphatic hydroxyl groups excluding tert-OH is 13. The van der Waals surface area contributed by atoms with Gasteiger partial charge in [0.25, 0.3) is 0 Å². The molecule has 0 unspecified atom stereocenters. The topological polar surface area (TPSA) is 263 Å². The summed E-state index contributed by atoms with van der Waals surface area (Å²) in [5, 5.41) is 109. The minimum absolute atomic E-state index is 0.156. The summed E-state index contributed by atoms with van der Waals surface area (Å²) in [6, 6.07) is 0. The molecule has 0 aliphatic rings. The fourth-order valence-corrected chi connectivity index (χ4v) is 0.993. The maximum Gasteiger partial charge on any atom is 0.100 e. The van der Waals surface area contributed by atoms with Gasteiger partial charge in [0.1, 0.15) is 6.10 Å². The molecule has 0 rings (SSSR count). The lowest BCUT2D eigenvalue weighted by molar-refractivity contribution is -0.0328. The smallest absolute Gasteiger partial charge is 0.100 e. The first-order valence-corrected chi connectivity index (χ1v) is 9.97. The Bertz CT molecular complexity index is 292. The van der Waals surface area contributed by atoms with E-state index in [2.05, 4.69) is 0 Å². The molecule has 200 valence electrons. The van der Waals surface area contributed by atoms with E-state index in [1.807, 2.05) is 6.92 Å². The SMILES string of the molecule is CC(CO)(CO)CO.CCC(CO)(CO)CO.OCC(CO)(CO)CO.OCC(O)CO. The van der Waals surface area contributed by atoms with E-state index in [-0.39, 0.29) is 52.9 Å². The second-order valence-corrected chi connectivity index (χ2v) is 7.76. The molecule has 0 heterocycles. The van der Waals surface area contributed by atoms with E-state index in [4.69, 9.17) is 66.4 Å². The van der Waals surface area contributed by atoms with Crippen LogP contribution >= 0.6 is 0 Å². The second-order valence-electron chi connectivity index (χ2n) is 7.76. The van der Waals surface area contributed by atoms with Gasteiger partial charge in [-0.15, -0.1) is 0 Å². The average Bonchev–Trinajstić information content (AvgIpc) is 2.87. The lowest BCUT2D eigenvalue weighted by Gasteiger charge is -2.24. The predicted octanol–water partition coefficient (Wildman–Crippen LogP) is -5.40. The zero-order valence-corrected chi connectivity index (χ0v) is 19.1. The van der Waals surface area contributed by atoms with Crippen LogP contribution in [0.3, 0.4) is 0 Å². The third-order valence-electron chi connectivity index (χ3n) is 4.66. The molecular weight excluding hydrogens is 436 g/mol. The van der Waals surface area contributed by atoms with Gasteiger partial charge in [-0.3, -0.25) is 0 Å². The van der Waals surface area contributed by atoms with E-state index in [1.54, 1.807) is 6.92 Å². The van der Waals surface area contributed by atoms with Crippen molar-refractivity contribution in [2.45, 2.75) is 26.4 Å². The van der Waals surface area contributed by atoms with E-state index >= 15 is 0 Å². The molecule has 0 aromatic rings. The Kier molecular flexibility index (Phi) is 28.6. The highest BCUT2D eigenvalue weighted by Gasteiger charge is 2.26. The molecule has 13 nitrogen and oxygen atoms in total. The Labute approximate surface area is 189 Å². The summed E-state index contributed by atoms with van der Waals surface area (Å²) in [5.41, 5.74) is -2.49. The van der Waals surface area contributed by atoms with Crippen molar-refractivity contribution in [2.75, 3.05) is 79.3 Å². The van der Waals surface area contributed by atoms with Gasteiger partial charge >= 0.3 is 0 Å². The highest BCUT2D eigenvalue weighted by Crippen LogP contribution is 2.18. The van der Waals surface area contributed by atoms with Crippen molar-refractivity contribution < 1.29 is 66.4 Å². The Balaban J connectivity index is -0.000000165. The minimum Gasteiger partial charge on any atom is -0.396 e. The molecular formula is C19H46O13. The molecule has 0 bridgehead atoms. The van der Waals surface area contributed by atoms with Gasteiger partial charge in [0.2, 0.25) is 0 Å². The Morgan fingerprint density at radius 3 is 0.719 bits per heavy atom. The molecule has 0 radical (unpaired) electrons. The third kappa shape index (κ3) is 18.0. The van der Waals surface area contributed by atoms with Crippen molar-refractivity contribution in [2.24, 2.45) is 16.2 Å². The molecule has 0 aliphatic carbocycles. The quantitative estimate of drug-likeness (QED) is 0.117. The molecule has 0 aromatic carbocycles. The normalized spacial score (nSPS) is 11.6. The molecule has 0 spiro atoms. The monoisotopic (exact) mass is 482 g/mol. The van der Waals surface area contributed by atoms with Crippen LogP contribution in [0.2, 0.25) is 0 Å². The van der Waals surface area contributed by atoms with Crippen molar-refractivity contribution in [3.8, 4) is 0 Å². The minimum atomic E-state index is -1.11. The molecule has 0 saturated carbocycles. The zero-order chi connectivity index (χ0) is 26.3. The summed E-state index contributed by atoms with van der Waals surface area (Å²) < 4.78 is 0. The van der Waals surface area contributed by atoms with Crippen LogP contribution < -0.4 is 0 Å². The van der Waals surface area contributed by atoms with Gasteiger partial charge in [-0.2, -0.15) is 0 Å². The summed E-state index contributed by atoms with van der Waals surface area (Å²) in [6.45, 7) is 0.0617. The number of hydrogen-bond acceptors (Lipinski definition) is 13. The first-order chi connectivity index (χ1) is 15.0. The highest BCUT2D eigenvalue weighted by atomic mass is 16.3. The molecule has 0 amide bonds. The molecule has 13 heteroatoms. The fraction of sp³-hybridized carbons (Fsp3) is 1.00. The first kappa shape index (κ1) is 38.7. The van der Waals surface area contributed by atoms with E-state index in [1.165, 1.54) is 0 Å². The van der Waals surface area contributed by atoms with Crippen molar-refractivity contribution in [3.63, 3.8) is 0 Å². The first-order valence-electron chi connectivity index (χ1n) is 9.97. The summed E-state index contributed by atoms with van der Waals surface area (Å²) in [4.78, 5) is 0. The largest absolute Gasteiger partial charge is 0.396 e. The van der Waals surface area contributed by atoms with Gasteiger partial charge in [-0.1, -0.05) is 13.8 Å². The van der Waals surface area contributed by atoms with Gasteiger partial charge in [0, 0.05) is 10.8 Å². The van der Waals surface area contributed by atoms with Crippen LogP contribution in [0.4, 0.5) is 0 Å². The lowest BCUT2D eigenvalue weighted by atomic mass is 9.88. The van der Waals surface area contributed by atoms with Crippen LogP contribution in [0.5, 0.6) is 0 Å². The predicted molar refractivity (Wildman–Crippen MR) is 114 cm³/mol. The second kappa shape index (κ2) is 23.6. The molecule has 32 heavy (non-hydrogen) atoms. The van der Waals surface area contributed by atoms with Crippen LogP contribution in [0, 0.1) is 16.2 Å². The maximum absolute atomic E-state index is 8.66. The Morgan fingerprint density at radius 1 is 0.469 bits per heavy atom. The van der Waals surface area contributed by atoms with Crippen molar-refractivity contribution in [1.82, 2.24) is 0 Å². The van der Waals surface area contributed by atoms with E-state index in [0.717, 1.165) is 0 Å². The molecule has 0 aromatic heterocycles. The highest BCUT2D eigenvalue weighted by molar-refractivity contribution is 4.75. The third-order valence-corrected chi connectivity index (χ3v) is 4.66. The van der Waals surface area contributed by atoms with Crippen LogP contribution in [-0.2, 0) is 0 Å². The van der Waals surface area contributed by atoms with Crippen LogP contribution in [0.1, 0.15) is 20.3 Å². The van der Waals surface area contributed by atoms with Gasteiger partial charge in [-0.25, -0.2) is 0 Å². The van der Waals surface area contributed by atoms with Crippen molar-refractivity contribution in [3.05, 3.63) is 0 Å². The standard InChI is InChI=1S/C6H14O3.C5H12O4.C5H12O3.C3H8O3/c1-2-6(3-7,4-8)5-9;6-1-5(2-7,3-8)4-9;1-5(2-6,3-7)4-8;4-1-3(6)2-5/h7-9H,2-5H2,1H3;6-9H,1-4H2;6-8H,2-4H2,1H3;3-6H,1-2H2. The van der Waals surface area contributed by atoms with Crippen LogP contribution in [0.25, 0.3) is 0 Å². The Hall–Kier alpha value is -0.520. The van der Waals surface area contributed by atoms with Gasteiger partial charge in [-0.05, 0) is 6.42 Å². The molecule has 13 N–H and O–H groups in total. The number of hydrogen-bond donors (Lipinski definition) is 13. The zero-order valence-electron chi connectivity index (χ0n) is 19.1. The molecule has 0 atom stereocenters. The van der Waals surface area contributed by atoms with Gasteiger partial charge in [0.05, 0.1) is 84.7 Å². The van der Waals surface area contributed by atoms with Crippen LogP contribution in [-0.4, -0.2) is 152 Å². The van der Waals surface area contributed by atoms with Gasteiger partial charge < -0.3 is 66.4 Å². The van der Waals surface area contributed by atoms with Gasteiger partial charge in [0.15, 0.2) is 0 Å². The summed E-state index contributed by atoms with van der Waals surface area (Å²) >= 11 is 0. The summed E-state index contributed by atoms with van der Waals surface area (Å²) in [7, 11) is 0. The van der Waals surface area contributed by atoms with E-state index < -0.39 is 48.8 Å². The molecule has 0 saturated heterocycles. The molecule has 0 fully saturated rings. The molecule has 0 aliphatic heterocycles. The number of aliphatic hydroxyl groups is 13. The fourth-order valence-electron chi connectivity index (χ4n) is 0.993. The number of rotatable bonds is 13. The van der Waals surface area contributed by atoms with Crippen molar-refractivity contribution in [1.29, 1.82) is 0 Å². The maximum atomic E-state index is 8.66. The summed E-state index contributed by atoms with van der Waals surface area (Å²) in [5.74, 6) is 0. The van der Waals surface area contributed by atoms with E-state index in [0.29, 0.717) is 6.42 Å². The van der Waals surface area contributed by atoms with Crippen LogP contribution in [0.15, 0.2) is 0 Å². The van der Waals surface area contributed by atoms with E-state index in [9.17, 15) is 0 Å². The summed E-state index contributed by atoms with van der Waals surface area (Å²) in [6.07, 6.45) is -0.360. The lowest BCUT2D eigenvalue weighted by Crippen LogP contribution is -2.37. The average molecular weight is 483 g/mol. The Morgan fingerprint density at radius 2 is 0.719 bits per heavy atom.